The molecule has 1 aliphatic carbocycles. The summed E-state index contributed by atoms with van der Waals surface area (Å²) in [6.07, 6.45) is 2.87. The molecule has 1 amide bonds. The second-order valence-electron chi connectivity index (χ2n) is 6.69. The summed E-state index contributed by atoms with van der Waals surface area (Å²) in [5.74, 6) is 1.17. The van der Waals surface area contributed by atoms with Crippen LogP contribution >= 0.6 is 0 Å². The van der Waals surface area contributed by atoms with Gasteiger partial charge in [-0.05, 0) is 42.0 Å². The molecule has 0 saturated heterocycles. The molecule has 0 spiro atoms. The molecule has 1 aromatic rings. The first-order valence-corrected chi connectivity index (χ1v) is 8.76. The fraction of sp³-hybridized carbons (Fsp3) is 0.500. The van der Waals surface area contributed by atoms with Crippen molar-refractivity contribution in [2.24, 2.45) is 5.92 Å². The molecule has 25 heavy (non-hydrogen) atoms. The Morgan fingerprint density at radius 3 is 2.24 bits per heavy atom. The summed E-state index contributed by atoms with van der Waals surface area (Å²) in [6, 6.07) is 3.52. The number of carbonyl (C=O) groups excluding carboxylic acids is 2. The normalized spacial score (nSPS) is 13.3. The van der Waals surface area contributed by atoms with Crippen LogP contribution in [0.2, 0.25) is 0 Å². The number of amides is 1. The van der Waals surface area contributed by atoms with Crippen LogP contribution in [0, 0.1) is 5.92 Å². The number of hydrogen-bond acceptors (Lipinski definition) is 4. The number of carbonyl (C=O) groups is 2. The Hall–Kier alpha value is -2.30. The number of rotatable bonds is 8. The van der Waals surface area contributed by atoms with Gasteiger partial charge in [-0.15, -0.1) is 0 Å². The lowest BCUT2D eigenvalue weighted by molar-refractivity contribution is -0.120. The predicted molar refractivity (Wildman–Crippen MR) is 97.9 cm³/mol. The zero-order valence-electron chi connectivity index (χ0n) is 15.7. The van der Waals surface area contributed by atoms with Crippen LogP contribution < -0.4 is 14.8 Å². The van der Waals surface area contributed by atoms with E-state index in [1.165, 1.54) is 0 Å². The molecule has 1 aromatic carbocycles. The van der Waals surface area contributed by atoms with E-state index in [0.717, 1.165) is 24.0 Å². The van der Waals surface area contributed by atoms with Crippen molar-refractivity contribution in [1.29, 1.82) is 0 Å². The second kappa shape index (κ2) is 8.19. The molecule has 0 bridgehead atoms. The van der Waals surface area contributed by atoms with Gasteiger partial charge in [0.25, 0.3) is 0 Å². The second-order valence-corrected chi connectivity index (χ2v) is 6.69. The number of benzene rings is 1. The Morgan fingerprint density at radius 2 is 1.72 bits per heavy atom. The Bertz CT molecular complexity index is 704. The fourth-order valence-corrected chi connectivity index (χ4v) is 3.01. The van der Waals surface area contributed by atoms with Crippen LogP contribution in [0.15, 0.2) is 17.8 Å². The Balaban J connectivity index is 2.46. The molecule has 5 heteroatoms. The number of unbranched alkanes of at least 4 members (excludes halogenated alkanes) is 1. The lowest BCUT2D eigenvalue weighted by Gasteiger charge is -2.13. The van der Waals surface area contributed by atoms with Crippen molar-refractivity contribution in [3.63, 3.8) is 0 Å². The van der Waals surface area contributed by atoms with Crippen LogP contribution in [0.1, 0.15) is 62.4 Å². The Kier molecular flexibility index (Phi) is 6.23. The molecule has 0 fully saturated rings. The first-order chi connectivity index (χ1) is 11.9. The minimum absolute atomic E-state index is 0.113. The highest BCUT2D eigenvalue weighted by molar-refractivity contribution is 6.22. The first kappa shape index (κ1) is 19.0. The van der Waals surface area contributed by atoms with Gasteiger partial charge in [0.05, 0.1) is 19.9 Å². The molecule has 2 rings (SSSR count). The van der Waals surface area contributed by atoms with Crippen molar-refractivity contribution < 1.29 is 19.1 Å². The largest absolute Gasteiger partial charge is 0.493 e. The molecule has 136 valence electrons. The maximum absolute atomic E-state index is 12.9. The number of allylic oxidation sites excluding steroid dienone is 2. The van der Waals surface area contributed by atoms with Crippen LogP contribution in [0.5, 0.6) is 11.5 Å². The fourth-order valence-electron chi connectivity index (χ4n) is 3.01. The number of ketones is 1. The third-order valence-electron chi connectivity index (χ3n) is 4.26. The molecule has 0 saturated carbocycles. The van der Waals surface area contributed by atoms with E-state index in [4.69, 9.17) is 9.47 Å². The summed E-state index contributed by atoms with van der Waals surface area (Å²) in [7, 11) is 3.11. The third kappa shape index (κ3) is 4.03. The van der Waals surface area contributed by atoms with Gasteiger partial charge >= 0.3 is 0 Å². The number of fused-ring (bicyclic) bond motifs is 1. The topological polar surface area (TPSA) is 64.6 Å². The third-order valence-corrected chi connectivity index (χ3v) is 4.26. The molecular formula is C20H27NO4. The maximum Gasteiger partial charge on any atom is 0.224 e. The van der Waals surface area contributed by atoms with E-state index < -0.39 is 0 Å². The summed E-state index contributed by atoms with van der Waals surface area (Å²) in [5, 5.41) is 2.85. The monoisotopic (exact) mass is 345 g/mol. The predicted octanol–water partition coefficient (Wildman–Crippen LogP) is 3.96. The number of nitrogens with one attached hydrogen (secondary N) is 1. The molecule has 0 heterocycles. The van der Waals surface area contributed by atoms with E-state index in [1.807, 2.05) is 13.0 Å². The minimum atomic E-state index is -0.156. The van der Waals surface area contributed by atoms with Crippen molar-refractivity contribution in [2.75, 3.05) is 14.2 Å². The summed E-state index contributed by atoms with van der Waals surface area (Å²) in [6.45, 7) is 6.21. The summed E-state index contributed by atoms with van der Waals surface area (Å²) < 4.78 is 10.7. The average Bonchev–Trinajstić information content (AvgIpc) is 2.83. The van der Waals surface area contributed by atoms with Crippen molar-refractivity contribution in [2.45, 2.75) is 46.5 Å². The van der Waals surface area contributed by atoms with E-state index >= 15 is 0 Å². The van der Waals surface area contributed by atoms with E-state index in [2.05, 4.69) is 19.2 Å². The smallest absolute Gasteiger partial charge is 0.224 e. The van der Waals surface area contributed by atoms with Crippen LogP contribution in [0.25, 0.3) is 5.57 Å². The van der Waals surface area contributed by atoms with Crippen LogP contribution in [0.4, 0.5) is 0 Å². The number of methoxy groups -OCH3 is 2. The molecule has 1 N–H and O–H groups in total. The minimum Gasteiger partial charge on any atom is -0.493 e. The van der Waals surface area contributed by atoms with E-state index in [-0.39, 0.29) is 11.7 Å². The molecule has 0 radical (unpaired) electrons. The highest BCUT2D eigenvalue weighted by atomic mass is 16.5. The van der Waals surface area contributed by atoms with Gasteiger partial charge in [-0.25, -0.2) is 0 Å². The molecule has 1 aliphatic rings. The molecule has 0 aromatic heterocycles. The van der Waals surface area contributed by atoms with Crippen molar-refractivity contribution in [1.82, 2.24) is 5.32 Å². The number of Topliss-reactive ketones (excluding diaryl/α,β-unsaturated/α-hetero) is 1. The lowest BCUT2D eigenvalue weighted by atomic mass is 9.96. The molecule has 5 nitrogen and oxygen atoms in total. The van der Waals surface area contributed by atoms with Gasteiger partial charge in [0.1, 0.15) is 0 Å². The summed E-state index contributed by atoms with van der Waals surface area (Å²) in [5.41, 5.74) is 2.65. The molecule has 0 atom stereocenters. The van der Waals surface area contributed by atoms with E-state index in [1.54, 1.807) is 20.3 Å². The quantitative estimate of drug-likeness (QED) is 0.774. The molecular weight excluding hydrogens is 318 g/mol. The van der Waals surface area contributed by atoms with E-state index in [0.29, 0.717) is 41.5 Å². The highest BCUT2D eigenvalue weighted by Gasteiger charge is 2.32. The van der Waals surface area contributed by atoms with Gasteiger partial charge in [0.15, 0.2) is 11.5 Å². The first-order valence-electron chi connectivity index (χ1n) is 8.76. The van der Waals surface area contributed by atoms with Gasteiger partial charge in [0, 0.05) is 12.0 Å². The average molecular weight is 345 g/mol. The van der Waals surface area contributed by atoms with Crippen molar-refractivity contribution in [3.8, 4) is 11.5 Å². The van der Waals surface area contributed by atoms with Crippen molar-refractivity contribution >= 4 is 17.3 Å². The van der Waals surface area contributed by atoms with Crippen molar-refractivity contribution in [3.05, 3.63) is 29.0 Å². The van der Waals surface area contributed by atoms with Gasteiger partial charge in [-0.2, -0.15) is 0 Å². The number of ether oxygens (including phenoxy) is 2. The van der Waals surface area contributed by atoms with Gasteiger partial charge in [0.2, 0.25) is 11.7 Å². The van der Waals surface area contributed by atoms with Crippen LogP contribution in [-0.4, -0.2) is 25.9 Å². The number of hydrogen-bond donors (Lipinski definition) is 1. The summed E-state index contributed by atoms with van der Waals surface area (Å²) >= 11 is 0. The highest BCUT2D eigenvalue weighted by Crippen LogP contribution is 2.41. The maximum atomic E-state index is 12.9. The zero-order valence-corrected chi connectivity index (χ0v) is 15.7. The SMILES string of the molecule is CCCCC(=O)NC1=C(CC(C)C)c2cc(OC)c(OC)cc2C1=O. The van der Waals surface area contributed by atoms with Gasteiger partial charge < -0.3 is 14.8 Å². The molecule has 0 aliphatic heterocycles. The zero-order chi connectivity index (χ0) is 18.6. The van der Waals surface area contributed by atoms with E-state index in [9.17, 15) is 9.59 Å². The lowest BCUT2D eigenvalue weighted by Crippen LogP contribution is -2.26. The Labute approximate surface area is 149 Å². The molecule has 0 unspecified atom stereocenters. The van der Waals surface area contributed by atoms with Crippen LogP contribution in [-0.2, 0) is 4.79 Å². The standard InChI is InChI=1S/C20H27NO4/c1-6-7-8-18(22)21-19-14(9-12(2)3)13-10-16(24-4)17(25-5)11-15(13)20(19)23/h10-12H,6-9H2,1-5H3,(H,21,22,23). The summed E-state index contributed by atoms with van der Waals surface area (Å²) in [4.78, 5) is 25.1. The van der Waals surface area contributed by atoms with Crippen LogP contribution in [0.3, 0.4) is 0 Å². The van der Waals surface area contributed by atoms with Gasteiger partial charge in [-0.3, -0.25) is 9.59 Å². The Morgan fingerprint density at radius 1 is 1.12 bits per heavy atom. The van der Waals surface area contributed by atoms with Gasteiger partial charge in [-0.1, -0.05) is 27.2 Å².